The van der Waals surface area contributed by atoms with E-state index in [-0.39, 0.29) is 17.8 Å². The van der Waals surface area contributed by atoms with E-state index in [9.17, 15) is 22.8 Å². The van der Waals surface area contributed by atoms with Crippen molar-refractivity contribution in [3.8, 4) is 11.5 Å². The first-order chi connectivity index (χ1) is 16.7. The van der Waals surface area contributed by atoms with Gasteiger partial charge >= 0.3 is 12.5 Å². The van der Waals surface area contributed by atoms with E-state index in [1.165, 1.54) is 24.3 Å². The summed E-state index contributed by atoms with van der Waals surface area (Å²) in [7, 11) is 1.58. The maximum Gasteiger partial charge on any atom is 0.573 e. The van der Waals surface area contributed by atoms with Gasteiger partial charge in [-0.3, -0.25) is 4.79 Å². The van der Waals surface area contributed by atoms with Crippen LogP contribution in [-0.4, -0.2) is 38.1 Å². The lowest BCUT2D eigenvalue weighted by Crippen LogP contribution is -2.40. The summed E-state index contributed by atoms with van der Waals surface area (Å²) in [4.78, 5) is 27.1. The number of rotatable bonds is 6. The van der Waals surface area contributed by atoms with Crippen molar-refractivity contribution in [3.63, 3.8) is 0 Å². The van der Waals surface area contributed by atoms with Crippen molar-refractivity contribution in [2.75, 3.05) is 18.6 Å². The van der Waals surface area contributed by atoms with Gasteiger partial charge in [-0.25, -0.2) is 4.79 Å². The van der Waals surface area contributed by atoms with E-state index in [0.717, 1.165) is 5.56 Å². The molecule has 1 saturated carbocycles. The van der Waals surface area contributed by atoms with Gasteiger partial charge in [-0.1, -0.05) is 12.1 Å². The average molecular weight is 492 g/mol. The van der Waals surface area contributed by atoms with Crippen molar-refractivity contribution in [1.29, 1.82) is 0 Å². The number of amides is 2. The zero-order valence-corrected chi connectivity index (χ0v) is 19.3. The molecule has 1 saturated heterocycles. The van der Waals surface area contributed by atoms with E-state index < -0.39 is 17.9 Å². The molecule has 35 heavy (non-hydrogen) atoms. The lowest BCUT2D eigenvalue weighted by atomic mass is 9.72. The molecule has 1 N–H and O–H groups in total. The molecule has 7 nitrogen and oxygen atoms in total. The predicted molar refractivity (Wildman–Crippen MR) is 121 cm³/mol. The molecule has 188 valence electrons. The van der Waals surface area contributed by atoms with Crippen LogP contribution in [0.4, 0.5) is 23.7 Å². The van der Waals surface area contributed by atoms with Crippen molar-refractivity contribution >= 4 is 17.7 Å². The number of methoxy groups -OCH3 is 1. The van der Waals surface area contributed by atoms with E-state index in [0.29, 0.717) is 56.6 Å². The molecular formula is C25H27F3N2O5. The normalized spacial score (nSPS) is 22.2. The second kappa shape index (κ2) is 10.1. The minimum absolute atomic E-state index is 0.0390. The maximum absolute atomic E-state index is 13.2. The summed E-state index contributed by atoms with van der Waals surface area (Å²) in [5, 5.41) is 2.74. The van der Waals surface area contributed by atoms with Gasteiger partial charge in [0, 0.05) is 18.8 Å². The van der Waals surface area contributed by atoms with Gasteiger partial charge in [0.25, 0.3) is 0 Å². The average Bonchev–Trinajstić information content (AvgIpc) is 3.14. The lowest BCUT2D eigenvalue weighted by molar-refractivity contribution is -0.274. The molecule has 1 spiro atoms. The highest BCUT2D eigenvalue weighted by Gasteiger charge is 2.49. The Morgan fingerprint density at radius 1 is 1.09 bits per heavy atom. The van der Waals surface area contributed by atoms with E-state index >= 15 is 0 Å². The molecule has 1 aliphatic heterocycles. The largest absolute Gasteiger partial charge is 0.573 e. The van der Waals surface area contributed by atoms with Gasteiger partial charge in [-0.2, -0.15) is 0 Å². The van der Waals surface area contributed by atoms with Crippen molar-refractivity contribution in [3.05, 3.63) is 54.1 Å². The fourth-order valence-electron chi connectivity index (χ4n) is 4.77. The Hall–Kier alpha value is -3.43. The van der Waals surface area contributed by atoms with Gasteiger partial charge in [0.2, 0.25) is 5.91 Å². The Morgan fingerprint density at radius 3 is 2.46 bits per heavy atom. The Labute approximate surface area is 201 Å². The number of anilines is 1. The monoisotopic (exact) mass is 492 g/mol. The van der Waals surface area contributed by atoms with Crippen LogP contribution >= 0.6 is 0 Å². The number of nitrogens with one attached hydrogen (secondary N) is 1. The molecule has 4 rings (SSSR count). The Kier molecular flexibility index (Phi) is 7.09. The highest BCUT2D eigenvalue weighted by Crippen LogP contribution is 2.46. The van der Waals surface area contributed by atoms with Crippen molar-refractivity contribution in [1.82, 2.24) is 5.32 Å². The Bertz CT molecular complexity index is 1050. The molecule has 2 aromatic rings. The smallest absolute Gasteiger partial charge is 0.497 e. The van der Waals surface area contributed by atoms with Crippen LogP contribution in [0.1, 0.15) is 37.7 Å². The molecule has 0 unspecified atom stereocenters. The van der Waals surface area contributed by atoms with Gasteiger partial charge in [0.1, 0.15) is 17.6 Å². The van der Waals surface area contributed by atoms with E-state index in [2.05, 4.69) is 10.1 Å². The maximum atomic E-state index is 13.2. The number of ether oxygens (including phenoxy) is 3. The van der Waals surface area contributed by atoms with Crippen LogP contribution in [0.15, 0.2) is 48.5 Å². The second-order valence-electron chi connectivity index (χ2n) is 8.84. The molecule has 0 bridgehead atoms. The fraction of sp³-hybridized carbons (Fsp3) is 0.440. The molecule has 0 atom stereocenters. The van der Waals surface area contributed by atoms with Crippen LogP contribution in [0.25, 0.3) is 0 Å². The number of hydrogen-bond acceptors (Lipinski definition) is 5. The topological polar surface area (TPSA) is 77.1 Å². The number of hydrogen-bond donors (Lipinski definition) is 1. The second-order valence-corrected chi connectivity index (χ2v) is 8.84. The summed E-state index contributed by atoms with van der Waals surface area (Å²) in [6.07, 6.45) is -2.56. The van der Waals surface area contributed by atoms with E-state index in [4.69, 9.17) is 9.47 Å². The molecule has 2 aliphatic rings. The first-order valence-corrected chi connectivity index (χ1v) is 11.4. The molecule has 1 heterocycles. The Morgan fingerprint density at radius 2 is 1.80 bits per heavy atom. The highest BCUT2D eigenvalue weighted by molar-refractivity contribution is 6.00. The molecule has 2 amide bonds. The molecular weight excluding hydrogens is 465 g/mol. The van der Waals surface area contributed by atoms with Gasteiger partial charge in [0.05, 0.1) is 12.5 Å². The zero-order valence-electron chi connectivity index (χ0n) is 19.3. The third-order valence-electron chi connectivity index (χ3n) is 6.63. The molecule has 2 fully saturated rings. The molecule has 1 aliphatic carbocycles. The third-order valence-corrected chi connectivity index (χ3v) is 6.63. The molecule has 10 heteroatoms. The van der Waals surface area contributed by atoms with Crippen LogP contribution in [0.5, 0.6) is 11.5 Å². The number of carbonyl (C=O) groups excluding carboxylic acids is 2. The standard InChI is InChI=1S/C25H27F3N2O5/c1-33-21-4-2-3-17(15-21)16-29-23(32)34-19-9-11-24(12-10-19)13-14-30(22(24)31)18-5-7-20(8-6-18)35-25(26,27)28/h2-8,15,19H,9-14,16H2,1H3,(H,29,32)/t19-,24+. The number of carbonyl (C=O) groups is 2. The SMILES string of the molecule is COc1cccc(CNC(=O)O[C@H]2CC[C@]3(CCN(c4ccc(OC(F)(F)F)cc4)C3=O)CC2)c1. The minimum Gasteiger partial charge on any atom is -0.497 e. The van der Waals surface area contributed by atoms with Gasteiger partial charge < -0.3 is 24.4 Å². The van der Waals surface area contributed by atoms with E-state index in [1.807, 2.05) is 24.3 Å². The summed E-state index contributed by atoms with van der Waals surface area (Å²) < 4.78 is 51.8. The van der Waals surface area contributed by atoms with Crippen molar-refractivity contribution in [2.45, 2.75) is 51.1 Å². The molecule has 0 aromatic heterocycles. The van der Waals surface area contributed by atoms with Crippen LogP contribution in [-0.2, 0) is 16.1 Å². The minimum atomic E-state index is -4.76. The van der Waals surface area contributed by atoms with Gasteiger partial charge in [-0.05, 0) is 74.1 Å². The van der Waals surface area contributed by atoms with Crippen LogP contribution in [0.3, 0.4) is 0 Å². The van der Waals surface area contributed by atoms with Crippen LogP contribution < -0.4 is 19.7 Å². The number of nitrogens with zero attached hydrogens (tertiary/aromatic N) is 1. The van der Waals surface area contributed by atoms with E-state index in [1.54, 1.807) is 12.0 Å². The summed E-state index contributed by atoms with van der Waals surface area (Å²) in [5.74, 6) is 0.337. The number of alkyl carbamates (subject to hydrolysis) is 1. The fourth-order valence-corrected chi connectivity index (χ4v) is 4.77. The third kappa shape index (κ3) is 5.98. The van der Waals surface area contributed by atoms with Crippen molar-refractivity contribution < 1.29 is 37.0 Å². The predicted octanol–water partition coefficient (Wildman–Crippen LogP) is 5.19. The zero-order chi connectivity index (χ0) is 25.1. The molecule has 2 aromatic carbocycles. The number of alkyl halides is 3. The van der Waals surface area contributed by atoms with Crippen LogP contribution in [0, 0.1) is 5.41 Å². The summed E-state index contributed by atoms with van der Waals surface area (Å²) >= 11 is 0. The first-order valence-electron chi connectivity index (χ1n) is 11.4. The van der Waals surface area contributed by atoms with Gasteiger partial charge in [0.15, 0.2) is 0 Å². The highest BCUT2D eigenvalue weighted by atomic mass is 19.4. The number of halogens is 3. The molecule has 0 radical (unpaired) electrons. The summed E-state index contributed by atoms with van der Waals surface area (Å²) in [5.41, 5.74) is 0.896. The lowest BCUT2D eigenvalue weighted by Gasteiger charge is -2.35. The van der Waals surface area contributed by atoms with Gasteiger partial charge in [-0.15, -0.1) is 13.2 Å². The summed E-state index contributed by atoms with van der Waals surface area (Å²) in [6.45, 7) is 0.803. The number of benzene rings is 2. The first kappa shape index (κ1) is 24.7. The summed E-state index contributed by atoms with van der Waals surface area (Å²) in [6, 6.07) is 12.7. The Balaban J connectivity index is 1.27. The quantitative estimate of drug-likeness (QED) is 0.601. The van der Waals surface area contributed by atoms with Crippen LogP contribution in [0.2, 0.25) is 0 Å². The van der Waals surface area contributed by atoms with Crippen molar-refractivity contribution in [2.24, 2.45) is 5.41 Å².